The van der Waals surface area contributed by atoms with Gasteiger partial charge in [-0.2, -0.15) is 0 Å². The molecule has 0 aliphatic rings. The van der Waals surface area contributed by atoms with Gasteiger partial charge in [-0.15, -0.1) is 0 Å². The lowest BCUT2D eigenvalue weighted by Crippen LogP contribution is -2.08. The minimum Gasteiger partial charge on any atom is -0.466 e. The summed E-state index contributed by atoms with van der Waals surface area (Å²) in [7, 11) is 0. The van der Waals surface area contributed by atoms with E-state index in [1.54, 1.807) is 0 Å². The fourth-order valence-electron chi connectivity index (χ4n) is 1.26. The zero-order chi connectivity index (χ0) is 13.6. The lowest BCUT2D eigenvalue weighted by molar-refractivity contribution is -0.145. The summed E-state index contributed by atoms with van der Waals surface area (Å²) < 4.78 is 9.91. The maximum Gasteiger partial charge on any atom is 0.305 e. The maximum absolute atomic E-state index is 11.3. The quantitative estimate of drug-likeness (QED) is 0.342. The van der Waals surface area contributed by atoms with Crippen LogP contribution in [0.15, 0.2) is 12.2 Å². The molecule has 0 spiro atoms. The largest absolute Gasteiger partial charge is 0.466 e. The van der Waals surface area contributed by atoms with Crippen LogP contribution in [-0.2, 0) is 19.1 Å². The minimum atomic E-state index is -0.247. The van der Waals surface area contributed by atoms with Crippen molar-refractivity contribution < 1.29 is 19.1 Å². The molecule has 0 saturated carbocycles. The second kappa shape index (κ2) is 12.1. The molecule has 4 heteroatoms. The minimum absolute atomic E-state index is 0.240. The molecule has 0 amide bonds. The Balaban J connectivity index is 3.41. The Morgan fingerprint density at radius 1 is 0.944 bits per heavy atom. The van der Waals surface area contributed by atoms with Gasteiger partial charge < -0.3 is 9.47 Å². The van der Waals surface area contributed by atoms with E-state index >= 15 is 0 Å². The van der Waals surface area contributed by atoms with Gasteiger partial charge in [0.05, 0.1) is 13.2 Å². The second-order valence-corrected chi connectivity index (χ2v) is 3.96. The van der Waals surface area contributed by atoms with Gasteiger partial charge in [-0.1, -0.05) is 26.0 Å². The molecule has 0 aromatic heterocycles. The van der Waals surface area contributed by atoms with Gasteiger partial charge in [0.2, 0.25) is 0 Å². The SMILES string of the molecule is CC/C=C/CCOC(=O)CCCC(=O)OCCC. The predicted octanol–water partition coefficient (Wildman–Crippen LogP) is 3.01. The van der Waals surface area contributed by atoms with E-state index in [4.69, 9.17) is 9.47 Å². The van der Waals surface area contributed by atoms with Gasteiger partial charge in [-0.05, 0) is 25.7 Å². The number of esters is 2. The van der Waals surface area contributed by atoms with Crippen LogP contribution in [0, 0.1) is 0 Å². The molecule has 0 aliphatic heterocycles. The van der Waals surface area contributed by atoms with Gasteiger partial charge in [0.1, 0.15) is 0 Å². The molecule has 0 bridgehead atoms. The van der Waals surface area contributed by atoms with E-state index < -0.39 is 0 Å². The zero-order valence-electron chi connectivity index (χ0n) is 11.4. The molecule has 0 radical (unpaired) electrons. The van der Waals surface area contributed by atoms with E-state index in [9.17, 15) is 9.59 Å². The van der Waals surface area contributed by atoms with Gasteiger partial charge in [0.15, 0.2) is 0 Å². The Hall–Kier alpha value is -1.32. The van der Waals surface area contributed by atoms with Crippen molar-refractivity contribution >= 4 is 11.9 Å². The fourth-order valence-corrected chi connectivity index (χ4v) is 1.26. The molecule has 0 atom stereocenters. The highest BCUT2D eigenvalue weighted by Gasteiger charge is 2.06. The van der Waals surface area contributed by atoms with Crippen LogP contribution in [0.4, 0.5) is 0 Å². The van der Waals surface area contributed by atoms with Crippen LogP contribution in [0.3, 0.4) is 0 Å². The Morgan fingerprint density at radius 2 is 1.56 bits per heavy atom. The molecular weight excluding hydrogens is 232 g/mol. The lowest BCUT2D eigenvalue weighted by Gasteiger charge is -2.04. The molecule has 0 aliphatic carbocycles. The highest BCUT2D eigenvalue weighted by molar-refractivity contribution is 5.72. The molecule has 18 heavy (non-hydrogen) atoms. The lowest BCUT2D eigenvalue weighted by atomic mass is 10.2. The fraction of sp³-hybridized carbons (Fsp3) is 0.714. The number of ether oxygens (including phenoxy) is 2. The molecule has 0 rings (SSSR count). The number of allylic oxidation sites excluding steroid dienone is 1. The van der Waals surface area contributed by atoms with Crippen molar-refractivity contribution in [3.63, 3.8) is 0 Å². The van der Waals surface area contributed by atoms with Gasteiger partial charge in [-0.3, -0.25) is 9.59 Å². The summed E-state index contributed by atoms with van der Waals surface area (Å²) in [5, 5.41) is 0. The molecule has 104 valence electrons. The molecule has 4 nitrogen and oxygen atoms in total. The standard InChI is InChI=1S/C14H24O4/c1-3-5-6-7-12-18-14(16)10-8-9-13(15)17-11-4-2/h5-6H,3-4,7-12H2,1-2H3/b6-5+. The van der Waals surface area contributed by atoms with Crippen molar-refractivity contribution in [2.24, 2.45) is 0 Å². The summed E-state index contributed by atoms with van der Waals surface area (Å²) in [5.74, 6) is -0.487. The average Bonchev–Trinajstić information content (AvgIpc) is 2.36. The van der Waals surface area contributed by atoms with Crippen LogP contribution in [0.1, 0.15) is 52.4 Å². The predicted molar refractivity (Wildman–Crippen MR) is 70.1 cm³/mol. The molecule has 0 aromatic carbocycles. The Morgan fingerprint density at radius 3 is 2.11 bits per heavy atom. The number of carbonyl (C=O) groups excluding carboxylic acids is 2. The van der Waals surface area contributed by atoms with E-state index in [2.05, 4.69) is 6.92 Å². The van der Waals surface area contributed by atoms with Crippen LogP contribution in [-0.4, -0.2) is 25.2 Å². The van der Waals surface area contributed by atoms with E-state index in [1.165, 1.54) is 0 Å². The van der Waals surface area contributed by atoms with Gasteiger partial charge in [0.25, 0.3) is 0 Å². The molecule has 0 N–H and O–H groups in total. The highest BCUT2D eigenvalue weighted by Crippen LogP contribution is 2.01. The maximum atomic E-state index is 11.3. The highest BCUT2D eigenvalue weighted by atomic mass is 16.5. The first-order valence-corrected chi connectivity index (χ1v) is 6.66. The summed E-state index contributed by atoms with van der Waals surface area (Å²) in [5.41, 5.74) is 0. The summed E-state index contributed by atoms with van der Waals surface area (Å²) in [6.45, 7) is 4.86. The summed E-state index contributed by atoms with van der Waals surface area (Å²) in [6, 6.07) is 0. The topological polar surface area (TPSA) is 52.6 Å². The smallest absolute Gasteiger partial charge is 0.305 e. The molecule has 0 aromatic rings. The average molecular weight is 256 g/mol. The first kappa shape index (κ1) is 16.7. The Labute approximate surface area is 109 Å². The van der Waals surface area contributed by atoms with Crippen molar-refractivity contribution in [1.82, 2.24) is 0 Å². The van der Waals surface area contributed by atoms with E-state index in [0.29, 0.717) is 19.6 Å². The van der Waals surface area contributed by atoms with Crippen LogP contribution in [0.25, 0.3) is 0 Å². The first-order chi connectivity index (χ1) is 8.70. The molecular formula is C14H24O4. The third-order valence-electron chi connectivity index (χ3n) is 2.18. The zero-order valence-corrected chi connectivity index (χ0v) is 11.4. The summed E-state index contributed by atoms with van der Waals surface area (Å²) in [6.07, 6.45) is 7.65. The molecule has 0 fully saturated rings. The number of hydrogen-bond acceptors (Lipinski definition) is 4. The van der Waals surface area contributed by atoms with Gasteiger partial charge in [0, 0.05) is 12.8 Å². The van der Waals surface area contributed by atoms with E-state index in [0.717, 1.165) is 19.3 Å². The van der Waals surface area contributed by atoms with Gasteiger partial charge >= 0.3 is 11.9 Å². The normalized spacial score (nSPS) is 10.6. The molecule has 0 unspecified atom stereocenters. The van der Waals surface area contributed by atoms with E-state index in [1.807, 2.05) is 19.1 Å². The van der Waals surface area contributed by atoms with Crippen molar-refractivity contribution in [2.75, 3.05) is 13.2 Å². The summed E-state index contributed by atoms with van der Waals surface area (Å²) in [4.78, 5) is 22.4. The third kappa shape index (κ3) is 11.2. The van der Waals surface area contributed by atoms with Crippen molar-refractivity contribution in [3.05, 3.63) is 12.2 Å². The van der Waals surface area contributed by atoms with Crippen molar-refractivity contribution in [2.45, 2.75) is 52.4 Å². The first-order valence-electron chi connectivity index (χ1n) is 6.66. The summed E-state index contributed by atoms with van der Waals surface area (Å²) >= 11 is 0. The Kier molecular flexibility index (Phi) is 11.3. The van der Waals surface area contributed by atoms with Gasteiger partial charge in [-0.25, -0.2) is 0 Å². The van der Waals surface area contributed by atoms with Crippen molar-refractivity contribution in [1.29, 1.82) is 0 Å². The molecule has 0 heterocycles. The van der Waals surface area contributed by atoms with Crippen molar-refractivity contribution in [3.8, 4) is 0 Å². The van der Waals surface area contributed by atoms with Crippen LogP contribution < -0.4 is 0 Å². The Bertz CT molecular complexity index is 259. The third-order valence-corrected chi connectivity index (χ3v) is 2.18. The van der Waals surface area contributed by atoms with Crippen LogP contribution in [0.2, 0.25) is 0 Å². The second-order valence-electron chi connectivity index (χ2n) is 3.96. The number of carbonyl (C=O) groups is 2. The van der Waals surface area contributed by atoms with Crippen LogP contribution >= 0.6 is 0 Å². The molecule has 0 saturated heterocycles. The van der Waals surface area contributed by atoms with Crippen LogP contribution in [0.5, 0.6) is 0 Å². The number of rotatable bonds is 10. The monoisotopic (exact) mass is 256 g/mol. The number of hydrogen-bond donors (Lipinski definition) is 0. The van der Waals surface area contributed by atoms with E-state index in [-0.39, 0.29) is 24.8 Å².